The fourth-order valence-electron chi connectivity index (χ4n) is 2.16. The van der Waals surface area contributed by atoms with E-state index in [9.17, 15) is 0 Å². The first-order valence-corrected chi connectivity index (χ1v) is 6.73. The maximum Gasteiger partial charge on any atom is 0.0337 e. The number of hydrogen-bond acceptors (Lipinski definition) is 2. The third kappa shape index (κ3) is 3.61. The molecule has 0 amide bonds. The van der Waals surface area contributed by atoms with Crippen molar-refractivity contribution in [3.05, 3.63) is 53.9 Å². The molecular formula is C16H23N3. The summed E-state index contributed by atoms with van der Waals surface area (Å²) >= 11 is 0. The quantitative estimate of drug-likeness (QED) is 0.744. The Morgan fingerprint density at radius 2 is 1.84 bits per heavy atom. The Kier molecular flexibility index (Phi) is 4.27. The highest BCUT2D eigenvalue weighted by Crippen LogP contribution is 2.20. The van der Waals surface area contributed by atoms with Crippen LogP contribution < -0.4 is 10.6 Å². The molecule has 0 aliphatic carbocycles. The molecule has 1 aromatic carbocycles. The minimum Gasteiger partial charge on any atom is -0.388 e. The molecule has 0 atom stereocenters. The van der Waals surface area contributed by atoms with Gasteiger partial charge in [0.25, 0.3) is 0 Å². The van der Waals surface area contributed by atoms with Crippen LogP contribution in [0.15, 0.2) is 42.6 Å². The van der Waals surface area contributed by atoms with Crippen LogP contribution in [0.5, 0.6) is 0 Å². The van der Waals surface area contributed by atoms with Crippen LogP contribution >= 0.6 is 0 Å². The van der Waals surface area contributed by atoms with Crippen LogP contribution in [0.1, 0.15) is 25.1 Å². The van der Waals surface area contributed by atoms with Crippen LogP contribution in [-0.2, 0) is 12.0 Å². The van der Waals surface area contributed by atoms with Crippen molar-refractivity contribution in [2.75, 3.05) is 18.9 Å². The molecule has 0 radical (unpaired) electrons. The number of aromatic nitrogens is 1. The number of hydrogen-bond donors (Lipinski definition) is 3. The molecule has 3 N–H and O–H groups in total. The van der Waals surface area contributed by atoms with E-state index in [-0.39, 0.29) is 5.41 Å². The van der Waals surface area contributed by atoms with E-state index in [0.717, 1.165) is 18.8 Å². The van der Waals surface area contributed by atoms with E-state index in [1.165, 1.54) is 11.3 Å². The van der Waals surface area contributed by atoms with Gasteiger partial charge in [-0.15, -0.1) is 0 Å². The van der Waals surface area contributed by atoms with Crippen molar-refractivity contribution in [3.63, 3.8) is 0 Å². The lowest BCUT2D eigenvalue weighted by molar-refractivity contribution is 0.459. The van der Waals surface area contributed by atoms with E-state index in [1.807, 2.05) is 19.3 Å². The Balaban J connectivity index is 1.86. The molecule has 3 heteroatoms. The lowest BCUT2D eigenvalue weighted by Gasteiger charge is -2.24. The first kappa shape index (κ1) is 13.7. The van der Waals surface area contributed by atoms with Gasteiger partial charge in [-0.05, 0) is 29.8 Å². The second-order valence-corrected chi connectivity index (χ2v) is 5.52. The van der Waals surface area contributed by atoms with E-state index in [1.54, 1.807) is 0 Å². The largest absolute Gasteiger partial charge is 0.388 e. The second kappa shape index (κ2) is 5.93. The van der Waals surface area contributed by atoms with E-state index < -0.39 is 0 Å². The van der Waals surface area contributed by atoms with Crippen molar-refractivity contribution < 1.29 is 0 Å². The van der Waals surface area contributed by atoms with Gasteiger partial charge >= 0.3 is 0 Å². The average molecular weight is 257 g/mol. The summed E-state index contributed by atoms with van der Waals surface area (Å²) in [6.07, 6.45) is 1.98. The Morgan fingerprint density at radius 3 is 2.42 bits per heavy atom. The third-order valence-electron chi connectivity index (χ3n) is 3.47. The summed E-state index contributed by atoms with van der Waals surface area (Å²) < 4.78 is 0. The Bertz CT molecular complexity index is 483. The monoisotopic (exact) mass is 257 g/mol. The Hall–Kier alpha value is -1.74. The fourth-order valence-corrected chi connectivity index (χ4v) is 2.16. The SMILES string of the molecule is CNc1ccc(CNCC(C)(C)c2ccc[nH]2)cc1. The number of H-pyrrole nitrogens is 1. The van der Waals surface area contributed by atoms with Crippen LogP contribution in [0.2, 0.25) is 0 Å². The molecule has 1 aromatic heterocycles. The van der Waals surface area contributed by atoms with Crippen molar-refractivity contribution in [3.8, 4) is 0 Å². The van der Waals surface area contributed by atoms with Crippen LogP contribution in [0.4, 0.5) is 5.69 Å². The van der Waals surface area contributed by atoms with Gasteiger partial charge in [0.15, 0.2) is 0 Å². The smallest absolute Gasteiger partial charge is 0.0337 e. The highest BCUT2D eigenvalue weighted by Gasteiger charge is 2.20. The van der Waals surface area contributed by atoms with Gasteiger partial charge in [0, 0.05) is 43.1 Å². The minimum absolute atomic E-state index is 0.119. The normalized spacial score (nSPS) is 11.5. The predicted molar refractivity (Wildman–Crippen MR) is 81.5 cm³/mol. The molecule has 0 saturated carbocycles. The van der Waals surface area contributed by atoms with E-state index >= 15 is 0 Å². The average Bonchev–Trinajstić information content (AvgIpc) is 2.94. The number of anilines is 1. The Labute approximate surface area is 115 Å². The summed E-state index contributed by atoms with van der Waals surface area (Å²) in [5.41, 5.74) is 3.84. The van der Waals surface area contributed by atoms with Crippen molar-refractivity contribution in [1.29, 1.82) is 0 Å². The number of aromatic amines is 1. The zero-order chi connectivity index (χ0) is 13.7. The molecule has 3 nitrogen and oxygen atoms in total. The summed E-state index contributed by atoms with van der Waals surface area (Å²) in [7, 11) is 1.94. The lowest BCUT2D eigenvalue weighted by Crippen LogP contribution is -2.32. The van der Waals surface area contributed by atoms with Gasteiger partial charge in [-0.1, -0.05) is 26.0 Å². The summed E-state index contributed by atoms with van der Waals surface area (Å²) in [4.78, 5) is 3.29. The van der Waals surface area contributed by atoms with Gasteiger partial charge in [0.2, 0.25) is 0 Å². The number of nitrogens with one attached hydrogen (secondary N) is 3. The highest BCUT2D eigenvalue weighted by molar-refractivity contribution is 5.43. The first-order valence-electron chi connectivity index (χ1n) is 6.73. The molecule has 2 rings (SSSR count). The zero-order valence-electron chi connectivity index (χ0n) is 12.0. The van der Waals surface area contributed by atoms with E-state index in [0.29, 0.717) is 0 Å². The topological polar surface area (TPSA) is 39.8 Å². The molecule has 1 heterocycles. The summed E-state index contributed by atoms with van der Waals surface area (Å²) in [6.45, 7) is 6.33. The summed E-state index contributed by atoms with van der Waals surface area (Å²) in [6, 6.07) is 12.7. The summed E-state index contributed by atoms with van der Waals surface area (Å²) in [5.74, 6) is 0. The number of benzene rings is 1. The maximum atomic E-state index is 3.53. The molecule has 0 saturated heterocycles. The molecule has 0 spiro atoms. The van der Waals surface area contributed by atoms with Crippen molar-refractivity contribution in [2.45, 2.75) is 25.8 Å². The van der Waals surface area contributed by atoms with Crippen molar-refractivity contribution in [1.82, 2.24) is 10.3 Å². The molecule has 0 aliphatic rings. The Morgan fingerprint density at radius 1 is 1.11 bits per heavy atom. The highest BCUT2D eigenvalue weighted by atomic mass is 14.9. The van der Waals surface area contributed by atoms with Crippen LogP contribution in [0, 0.1) is 0 Å². The van der Waals surface area contributed by atoms with E-state index in [4.69, 9.17) is 0 Å². The maximum absolute atomic E-state index is 3.53. The van der Waals surface area contributed by atoms with Gasteiger partial charge in [0.05, 0.1) is 0 Å². The van der Waals surface area contributed by atoms with Gasteiger partial charge in [-0.3, -0.25) is 0 Å². The van der Waals surface area contributed by atoms with Crippen LogP contribution in [0.25, 0.3) is 0 Å². The summed E-state index contributed by atoms with van der Waals surface area (Å²) in [5, 5.41) is 6.66. The number of rotatable bonds is 6. The molecule has 0 bridgehead atoms. The van der Waals surface area contributed by atoms with Gasteiger partial charge in [-0.2, -0.15) is 0 Å². The van der Waals surface area contributed by atoms with Crippen LogP contribution in [-0.4, -0.2) is 18.6 Å². The zero-order valence-corrected chi connectivity index (χ0v) is 12.0. The van der Waals surface area contributed by atoms with Gasteiger partial charge in [-0.25, -0.2) is 0 Å². The molecule has 0 fully saturated rings. The predicted octanol–water partition coefficient (Wildman–Crippen LogP) is 3.12. The van der Waals surface area contributed by atoms with Gasteiger partial charge in [0.1, 0.15) is 0 Å². The molecule has 0 unspecified atom stereocenters. The van der Waals surface area contributed by atoms with E-state index in [2.05, 4.69) is 59.8 Å². The first-order chi connectivity index (χ1) is 9.12. The molecular weight excluding hydrogens is 234 g/mol. The third-order valence-corrected chi connectivity index (χ3v) is 3.47. The fraction of sp³-hybridized carbons (Fsp3) is 0.375. The molecule has 102 valence electrons. The lowest BCUT2D eigenvalue weighted by atomic mass is 9.89. The standard InChI is InChI=1S/C16H23N3/c1-16(2,15-5-4-10-19-15)12-18-11-13-6-8-14(17-3)9-7-13/h4-10,17-19H,11-12H2,1-3H3. The second-order valence-electron chi connectivity index (χ2n) is 5.52. The minimum atomic E-state index is 0.119. The molecule has 0 aliphatic heterocycles. The van der Waals surface area contributed by atoms with Crippen molar-refractivity contribution >= 4 is 5.69 Å². The van der Waals surface area contributed by atoms with Crippen molar-refractivity contribution in [2.24, 2.45) is 0 Å². The molecule has 2 aromatic rings. The van der Waals surface area contributed by atoms with Gasteiger partial charge < -0.3 is 15.6 Å². The molecule has 19 heavy (non-hydrogen) atoms. The van der Waals surface area contributed by atoms with Crippen LogP contribution in [0.3, 0.4) is 0 Å².